The molecule has 0 aliphatic heterocycles. The Kier molecular flexibility index (Phi) is 4.63. The van der Waals surface area contributed by atoms with Crippen LogP contribution >= 0.6 is 0 Å². The topological polar surface area (TPSA) is 40.5 Å². The molecule has 1 saturated carbocycles. The molecule has 1 aliphatic rings. The number of hydrogen-bond donors (Lipinski definition) is 2. The minimum atomic E-state index is -1.28. The van der Waals surface area contributed by atoms with E-state index in [0.717, 1.165) is 5.92 Å². The van der Waals surface area contributed by atoms with Crippen molar-refractivity contribution in [3.8, 4) is 0 Å². The molecule has 82 valence electrons. The van der Waals surface area contributed by atoms with E-state index in [1.54, 1.807) is 6.92 Å². The van der Waals surface area contributed by atoms with E-state index in [0.29, 0.717) is 11.5 Å². The van der Waals surface area contributed by atoms with Gasteiger partial charge in [0.15, 0.2) is 6.29 Å². The van der Waals surface area contributed by atoms with Crippen molar-refractivity contribution in [1.82, 2.24) is 0 Å². The maximum Gasteiger partial charge on any atom is 0.174 e. The summed E-state index contributed by atoms with van der Waals surface area (Å²) in [6, 6.07) is 0. The molecule has 0 aromatic rings. The van der Waals surface area contributed by atoms with Gasteiger partial charge < -0.3 is 10.2 Å². The van der Waals surface area contributed by atoms with Gasteiger partial charge in [0.1, 0.15) is 0 Å². The number of aliphatic hydroxyl groups is 2. The Morgan fingerprint density at radius 2 is 1.79 bits per heavy atom. The monoisotopic (exact) mass is 198 g/mol. The maximum absolute atomic E-state index is 8.96. The molecular weight excluding hydrogens is 176 g/mol. The Bertz CT molecular complexity index is 190. The van der Waals surface area contributed by atoms with E-state index in [2.05, 4.69) is 6.92 Å². The molecule has 2 nitrogen and oxygen atoms in total. The SMILES string of the molecule is C/C(=C/C(C)C1CCCCC1)C(O)O. The highest BCUT2D eigenvalue weighted by Crippen LogP contribution is 2.31. The zero-order chi connectivity index (χ0) is 10.6. The van der Waals surface area contributed by atoms with Gasteiger partial charge in [0, 0.05) is 0 Å². The Morgan fingerprint density at radius 3 is 2.29 bits per heavy atom. The molecule has 2 heteroatoms. The van der Waals surface area contributed by atoms with Crippen molar-refractivity contribution in [3.63, 3.8) is 0 Å². The molecule has 0 bridgehead atoms. The van der Waals surface area contributed by atoms with Gasteiger partial charge in [-0.25, -0.2) is 0 Å². The molecule has 1 atom stereocenters. The van der Waals surface area contributed by atoms with Crippen LogP contribution in [0.4, 0.5) is 0 Å². The Morgan fingerprint density at radius 1 is 1.21 bits per heavy atom. The quantitative estimate of drug-likeness (QED) is 0.540. The van der Waals surface area contributed by atoms with Crippen molar-refractivity contribution in [2.75, 3.05) is 0 Å². The average molecular weight is 198 g/mol. The lowest BCUT2D eigenvalue weighted by Crippen LogP contribution is -2.15. The number of rotatable bonds is 3. The van der Waals surface area contributed by atoms with E-state index in [1.165, 1.54) is 32.1 Å². The van der Waals surface area contributed by atoms with Gasteiger partial charge >= 0.3 is 0 Å². The van der Waals surface area contributed by atoms with Crippen molar-refractivity contribution in [3.05, 3.63) is 11.6 Å². The third-order valence-electron chi connectivity index (χ3n) is 3.33. The fourth-order valence-electron chi connectivity index (χ4n) is 2.30. The highest BCUT2D eigenvalue weighted by Gasteiger charge is 2.18. The minimum absolute atomic E-state index is 0.483. The van der Waals surface area contributed by atoms with Crippen molar-refractivity contribution in [2.45, 2.75) is 52.2 Å². The van der Waals surface area contributed by atoms with Gasteiger partial charge in [-0.3, -0.25) is 0 Å². The standard InChI is InChI=1S/C12H22O2/c1-9(8-10(2)12(13)14)11-6-4-3-5-7-11/h8-9,11-14H,3-7H2,1-2H3/b10-8-. The zero-order valence-corrected chi connectivity index (χ0v) is 9.24. The second-order valence-electron chi connectivity index (χ2n) is 4.54. The van der Waals surface area contributed by atoms with Crippen LogP contribution in [0.5, 0.6) is 0 Å². The van der Waals surface area contributed by atoms with Crippen molar-refractivity contribution in [2.24, 2.45) is 11.8 Å². The van der Waals surface area contributed by atoms with Gasteiger partial charge in [0.25, 0.3) is 0 Å². The summed E-state index contributed by atoms with van der Waals surface area (Å²) in [6.07, 6.45) is 7.38. The van der Waals surface area contributed by atoms with Crippen molar-refractivity contribution >= 4 is 0 Å². The average Bonchev–Trinajstić information content (AvgIpc) is 2.19. The van der Waals surface area contributed by atoms with Crippen LogP contribution in [-0.2, 0) is 0 Å². The fourth-order valence-corrected chi connectivity index (χ4v) is 2.30. The van der Waals surface area contributed by atoms with E-state index in [9.17, 15) is 0 Å². The summed E-state index contributed by atoms with van der Waals surface area (Å²) in [7, 11) is 0. The first kappa shape index (κ1) is 11.7. The molecule has 1 rings (SSSR count). The summed E-state index contributed by atoms with van der Waals surface area (Å²) in [5.74, 6) is 1.23. The Hall–Kier alpha value is -0.340. The normalized spacial score (nSPS) is 22.8. The Labute approximate surface area is 86.6 Å². The summed E-state index contributed by atoms with van der Waals surface area (Å²) in [5, 5.41) is 17.9. The van der Waals surface area contributed by atoms with E-state index in [-0.39, 0.29) is 0 Å². The van der Waals surface area contributed by atoms with Crippen LogP contribution in [0.2, 0.25) is 0 Å². The minimum Gasteiger partial charge on any atom is -0.365 e. The molecule has 14 heavy (non-hydrogen) atoms. The molecule has 0 amide bonds. The predicted octanol–water partition coefficient (Wildman–Crippen LogP) is 2.46. The molecule has 1 unspecified atom stereocenters. The first-order valence-corrected chi connectivity index (χ1v) is 5.65. The summed E-state index contributed by atoms with van der Waals surface area (Å²) in [5.41, 5.74) is 0.683. The van der Waals surface area contributed by atoms with Crippen LogP contribution in [-0.4, -0.2) is 16.5 Å². The largest absolute Gasteiger partial charge is 0.365 e. The zero-order valence-electron chi connectivity index (χ0n) is 9.24. The number of allylic oxidation sites excluding steroid dienone is 1. The van der Waals surface area contributed by atoms with Crippen LogP contribution in [0.1, 0.15) is 46.0 Å². The molecule has 2 N–H and O–H groups in total. The predicted molar refractivity (Wildman–Crippen MR) is 57.7 cm³/mol. The van der Waals surface area contributed by atoms with Crippen LogP contribution in [0, 0.1) is 11.8 Å². The van der Waals surface area contributed by atoms with Crippen LogP contribution in [0.15, 0.2) is 11.6 Å². The van der Waals surface area contributed by atoms with Crippen LogP contribution in [0.3, 0.4) is 0 Å². The van der Waals surface area contributed by atoms with E-state index in [1.807, 2.05) is 6.08 Å². The van der Waals surface area contributed by atoms with Gasteiger partial charge in [0.05, 0.1) is 0 Å². The maximum atomic E-state index is 8.96. The van der Waals surface area contributed by atoms with Gasteiger partial charge in [-0.15, -0.1) is 0 Å². The summed E-state index contributed by atoms with van der Waals surface area (Å²) < 4.78 is 0. The smallest absolute Gasteiger partial charge is 0.174 e. The molecular formula is C12H22O2. The highest BCUT2D eigenvalue weighted by molar-refractivity contribution is 5.03. The molecule has 1 fully saturated rings. The van der Waals surface area contributed by atoms with Crippen LogP contribution in [0.25, 0.3) is 0 Å². The summed E-state index contributed by atoms with van der Waals surface area (Å²) in [4.78, 5) is 0. The second kappa shape index (κ2) is 5.52. The fraction of sp³-hybridized carbons (Fsp3) is 0.833. The van der Waals surface area contributed by atoms with Gasteiger partial charge in [-0.1, -0.05) is 32.3 Å². The molecule has 0 aromatic carbocycles. The molecule has 0 aromatic heterocycles. The lowest BCUT2D eigenvalue weighted by molar-refractivity contribution is -0.00832. The third-order valence-corrected chi connectivity index (χ3v) is 3.33. The lowest BCUT2D eigenvalue weighted by atomic mass is 9.80. The molecule has 0 spiro atoms. The van der Waals surface area contributed by atoms with Gasteiger partial charge in [-0.05, 0) is 37.2 Å². The summed E-state index contributed by atoms with van der Waals surface area (Å²) in [6.45, 7) is 3.96. The van der Waals surface area contributed by atoms with Gasteiger partial charge in [0.2, 0.25) is 0 Å². The van der Waals surface area contributed by atoms with E-state index in [4.69, 9.17) is 10.2 Å². The molecule has 0 saturated heterocycles. The van der Waals surface area contributed by atoms with Gasteiger partial charge in [-0.2, -0.15) is 0 Å². The molecule has 0 heterocycles. The van der Waals surface area contributed by atoms with Crippen LogP contribution < -0.4 is 0 Å². The number of hydrogen-bond acceptors (Lipinski definition) is 2. The lowest BCUT2D eigenvalue weighted by Gasteiger charge is -2.26. The first-order chi connectivity index (χ1) is 6.61. The molecule has 1 aliphatic carbocycles. The summed E-state index contributed by atoms with van der Waals surface area (Å²) >= 11 is 0. The number of aliphatic hydroxyl groups excluding tert-OH is 1. The highest BCUT2D eigenvalue weighted by atomic mass is 16.5. The third kappa shape index (κ3) is 3.43. The first-order valence-electron chi connectivity index (χ1n) is 5.65. The Balaban J connectivity index is 2.47. The van der Waals surface area contributed by atoms with E-state index < -0.39 is 6.29 Å². The molecule has 0 radical (unpaired) electrons. The van der Waals surface area contributed by atoms with E-state index >= 15 is 0 Å². The van der Waals surface area contributed by atoms with Crippen molar-refractivity contribution < 1.29 is 10.2 Å². The second-order valence-corrected chi connectivity index (χ2v) is 4.54. The van der Waals surface area contributed by atoms with Crippen molar-refractivity contribution in [1.29, 1.82) is 0 Å².